The summed E-state index contributed by atoms with van der Waals surface area (Å²) in [6.07, 6.45) is 1.78. The fraction of sp³-hybridized carbons (Fsp3) is 0.391. The average molecular weight is 514 g/mol. The molecule has 2 rings (SSSR count). The van der Waals surface area contributed by atoms with E-state index in [0.29, 0.717) is 33.4 Å². The SMILES string of the molecule is CCCNC(=O)[C@H](C)N(Cc1c(Cl)cccc1Cl)C(=O)CN(c1ccccc1C)S(C)(=O)=O. The Labute approximate surface area is 205 Å². The van der Waals surface area contributed by atoms with Crippen LogP contribution in [0.5, 0.6) is 0 Å². The van der Waals surface area contributed by atoms with Gasteiger partial charge in [-0.05, 0) is 44.0 Å². The largest absolute Gasteiger partial charge is 0.354 e. The van der Waals surface area contributed by atoms with E-state index < -0.39 is 28.5 Å². The van der Waals surface area contributed by atoms with Crippen LogP contribution in [-0.2, 0) is 26.2 Å². The lowest BCUT2D eigenvalue weighted by Gasteiger charge is -2.32. The van der Waals surface area contributed by atoms with E-state index in [4.69, 9.17) is 23.2 Å². The Kier molecular flexibility index (Phi) is 9.57. The van der Waals surface area contributed by atoms with Gasteiger partial charge in [-0.1, -0.05) is 54.4 Å². The number of halogens is 2. The highest BCUT2D eigenvalue weighted by molar-refractivity contribution is 7.92. The molecule has 33 heavy (non-hydrogen) atoms. The summed E-state index contributed by atoms with van der Waals surface area (Å²) in [5.74, 6) is -0.908. The molecular formula is C23H29Cl2N3O4S. The molecule has 7 nitrogen and oxygen atoms in total. The van der Waals surface area contributed by atoms with Crippen molar-refractivity contribution >= 4 is 50.7 Å². The number of benzene rings is 2. The number of hydrogen-bond acceptors (Lipinski definition) is 4. The number of sulfonamides is 1. The average Bonchev–Trinajstić information content (AvgIpc) is 2.75. The van der Waals surface area contributed by atoms with Gasteiger partial charge in [-0.25, -0.2) is 8.42 Å². The van der Waals surface area contributed by atoms with Crippen LogP contribution in [0.2, 0.25) is 10.0 Å². The number of anilines is 1. The van der Waals surface area contributed by atoms with Gasteiger partial charge in [-0.3, -0.25) is 13.9 Å². The number of nitrogens with zero attached hydrogens (tertiary/aromatic N) is 2. The number of amides is 2. The monoisotopic (exact) mass is 513 g/mol. The van der Waals surface area contributed by atoms with Crippen LogP contribution in [0.4, 0.5) is 5.69 Å². The Bertz CT molecular complexity index is 1090. The molecule has 0 saturated heterocycles. The molecule has 1 atom stereocenters. The van der Waals surface area contributed by atoms with Gasteiger partial charge in [0.25, 0.3) is 0 Å². The van der Waals surface area contributed by atoms with Gasteiger partial charge in [0.05, 0.1) is 11.9 Å². The maximum Gasteiger partial charge on any atom is 0.244 e. The van der Waals surface area contributed by atoms with Gasteiger partial charge in [-0.2, -0.15) is 0 Å². The predicted octanol–water partition coefficient (Wildman–Crippen LogP) is 4.01. The number of rotatable bonds is 10. The van der Waals surface area contributed by atoms with Gasteiger partial charge >= 0.3 is 0 Å². The summed E-state index contributed by atoms with van der Waals surface area (Å²) in [7, 11) is -3.79. The van der Waals surface area contributed by atoms with E-state index in [-0.39, 0.29) is 12.5 Å². The Morgan fingerprint density at radius 2 is 1.67 bits per heavy atom. The van der Waals surface area contributed by atoms with Crippen LogP contribution < -0.4 is 9.62 Å². The molecule has 0 saturated carbocycles. The minimum atomic E-state index is -3.79. The molecule has 0 bridgehead atoms. The van der Waals surface area contributed by atoms with Gasteiger partial charge in [0.15, 0.2) is 0 Å². The molecule has 0 fully saturated rings. The molecule has 0 heterocycles. The number of hydrogen-bond donors (Lipinski definition) is 1. The second-order valence-corrected chi connectivity index (χ2v) is 10.5. The van der Waals surface area contributed by atoms with Crippen molar-refractivity contribution in [2.24, 2.45) is 0 Å². The molecule has 0 aliphatic heterocycles. The summed E-state index contributed by atoms with van der Waals surface area (Å²) in [4.78, 5) is 27.5. The lowest BCUT2D eigenvalue weighted by atomic mass is 10.1. The molecule has 2 aromatic carbocycles. The Morgan fingerprint density at radius 3 is 2.21 bits per heavy atom. The fourth-order valence-electron chi connectivity index (χ4n) is 3.27. The van der Waals surface area contributed by atoms with Crippen molar-refractivity contribution in [1.29, 1.82) is 0 Å². The molecule has 0 radical (unpaired) electrons. The lowest BCUT2D eigenvalue weighted by Crippen LogP contribution is -2.51. The van der Waals surface area contributed by atoms with Crippen LogP contribution in [0.15, 0.2) is 42.5 Å². The summed E-state index contributed by atoms with van der Waals surface area (Å²) >= 11 is 12.6. The van der Waals surface area contributed by atoms with Crippen LogP contribution in [0.3, 0.4) is 0 Å². The van der Waals surface area contributed by atoms with Crippen LogP contribution in [0.25, 0.3) is 0 Å². The van der Waals surface area contributed by atoms with E-state index in [1.807, 2.05) is 6.92 Å². The van der Waals surface area contributed by atoms with E-state index in [1.165, 1.54) is 4.90 Å². The number of para-hydroxylation sites is 1. The molecular weight excluding hydrogens is 485 g/mol. The molecule has 0 spiro atoms. The highest BCUT2D eigenvalue weighted by atomic mass is 35.5. The zero-order valence-electron chi connectivity index (χ0n) is 19.1. The smallest absolute Gasteiger partial charge is 0.244 e. The second kappa shape index (κ2) is 11.7. The van der Waals surface area contributed by atoms with Crippen molar-refractivity contribution < 1.29 is 18.0 Å². The number of aryl methyl sites for hydroxylation is 1. The highest BCUT2D eigenvalue weighted by Crippen LogP contribution is 2.27. The molecule has 10 heteroatoms. The standard InChI is InChI=1S/C23H29Cl2N3O4S/c1-5-13-26-23(30)17(3)27(14-18-19(24)10-8-11-20(18)25)22(29)15-28(33(4,31)32)21-12-7-6-9-16(21)2/h6-12,17H,5,13-15H2,1-4H3,(H,26,30)/t17-/m0/s1. The van der Waals surface area contributed by atoms with Crippen LogP contribution in [0.1, 0.15) is 31.4 Å². The topological polar surface area (TPSA) is 86.8 Å². The maximum atomic E-state index is 13.5. The van der Waals surface area contributed by atoms with Crippen molar-refractivity contribution in [2.45, 2.75) is 39.8 Å². The minimum absolute atomic E-state index is 0.0522. The predicted molar refractivity (Wildman–Crippen MR) is 133 cm³/mol. The molecule has 0 aromatic heterocycles. The van der Waals surface area contributed by atoms with Crippen molar-refractivity contribution in [3.63, 3.8) is 0 Å². The fourth-order valence-corrected chi connectivity index (χ4v) is 4.69. The lowest BCUT2D eigenvalue weighted by molar-refractivity contribution is -0.139. The number of carbonyl (C=O) groups excluding carboxylic acids is 2. The summed E-state index contributed by atoms with van der Waals surface area (Å²) in [5, 5.41) is 3.47. The molecule has 2 aromatic rings. The van der Waals surface area contributed by atoms with Gasteiger partial charge < -0.3 is 10.2 Å². The van der Waals surface area contributed by atoms with Crippen LogP contribution >= 0.6 is 23.2 Å². The van der Waals surface area contributed by atoms with Crippen LogP contribution in [0, 0.1) is 6.92 Å². The van der Waals surface area contributed by atoms with Crippen molar-refractivity contribution in [1.82, 2.24) is 10.2 Å². The summed E-state index contributed by atoms with van der Waals surface area (Å²) in [6, 6.07) is 11.0. The Morgan fingerprint density at radius 1 is 1.06 bits per heavy atom. The number of nitrogens with one attached hydrogen (secondary N) is 1. The molecule has 0 aliphatic carbocycles. The minimum Gasteiger partial charge on any atom is -0.354 e. The normalized spacial score (nSPS) is 12.2. The molecule has 2 amide bonds. The summed E-state index contributed by atoms with van der Waals surface area (Å²) < 4.78 is 26.2. The van der Waals surface area contributed by atoms with Gasteiger partial charge in [0.1, 0.15) is 12.6 Å². The van der Waals surface area contributed by atoms with Crippen molar-refractivity contribution in [2.75, 3.05) is 23.7 Å². The van der Waals surface area contributed by atoms with E-state index in [2.05, 4.69) is 5.32 Å². The third kappa shape index (κ3) is 7.09. The van der Waals surface area contributed by atoms with Gasteiger partial charge in [0.2, 0.25) is 21.8 Å². The van der Waals surface area contributed by atoms with Gasteiger partial charge in [0, 0.05) is 28.7 Å². The van der Waals surface area contributed by atoms with Crippen LogP contribution in [-0.4, -0.2) is 50.5 Å². The summed E-state index contributed by atoms with van der Waals surface area (Å²) in [5.41, 5.74) is 1.57. The second-order valence-electron chi connectivity index (χ2n) is 7.74. The quantitative estimate of drug-likeness (QED) is 0.519. The Hall–Kier alpha value is -2.29. The van der Waals surface area contributed by atoms with Crippen molar-refractivity contribution in [3.05, 3.63) is 63.6 Å². The first-order valence-corrected chi connectivity index (χ1v) is 13.1. The molecule has 1 N–H and O–H groups in total. The highest BCUT2D eigenvalue weighted by Gasteiger charge is 2.31. The third-order valence-electron chi connectivity index (χ3n) is 5.17. The first-order chi connectivity index (χ1) is 15.5. The first kappa shape index (κ1) is 27.0. The molecule has 0 unspecified atom stereocenters. The first-order valence-electron chi connectivity index (χ1n) is 10.5. The Balaban J connectivity index is 2.45. The zero-order valence-corrected chi connectivity index (χ0v) is 21.5. The van der Waals surface area contributed by atoms with E-state index in [9.17, 15) is 18.0 Å². The zero-order chi connectivity index (χ0) is 24.8. The van der Waals surface area contributed by atoms with E-state index in [1.54, 1.807) is 56.3 Å². The number of carbonyl (C=O) groups is 2. The van der Waals surface area contributed by atoms with E-state index >= 15 is 0 Å². The maximum absolute atomic E-state index is 13.5. The molecule has 180 valence electrons. The molecule has 0 aliphatic rings. The van der Waals surface area contributed by atoms with Crippen molar-refractivity contribution in [3.8, 4) is 0 Å². The van der Waals surface area contributed by atoms with Gasteiger partial charge in [-0.15, -0.1) is 0 Å². The summed E-state index contributed by atoms with van der Waals surface area (Å²) in [6.45, 7) is 5.20. The third-order valence-corrected chi connectivity index (χ3v) is 7.00. The van der Waals surface area contributed by atoms with E-state index in [0.717, 1.165) is 17.0 Å².